The number of carbonyl (C=O) groups is 2. The number of halogens is 3. The van der Waals surface area contributed by atoms with Crippen LogP contribution in [0.15, 0.2) is 30.5 Å². The number of carbonyl (C=O) groups excluding carboxylic acids is 2. The van der Waals surface area contributed by atoms with Gasteiger partial charge >= 0.3 is 18.1 Å². The highest BCUT2D eigenvalue weighted by molar-refractivity contribution is 5.87. The van der Waals surface area contributed by atoms with Crippen molar-refractivity contribution in [1.82, 2.24) is 14.8 Å². The van der Waals surface area contributed by atoms with E-state index in [9.17, 15) is 22.8 Å². The number of esters is 1. The Hall–Kier alpha value is -2.55. The number of hydrogen-bond donors (Lipinski definition) is 1. The summed E-state index contributed by atoms with van der Waals surface area (Å²) >= 11 is 0. The zero-order valence-electron chi connectivity index (χ0n) is 14.6. The van der Waals surface area contributed by atoms with Gasteiger partial charge in [-0.05, 0) is 11.6 Å². The maximum absolute atomic E-state index is 12.4. The summed E-state index contributed by atoms with van der Waals surface area (Å²) in [7, 11) is 0. The molecule has 1 aromatic carbocycles. The van der Waals surface area contributed by atoms with E-state index in [1.165, 1.54) is 0 Å². The van der Waals surface area contributed by atoms with Gasteiger partial charge in [-0.3, -0.25) is 14.5 Å². The number of rotatable bonds is 5. The number of piperazine rings is 1. The molecule has 1 aliphatic heterocycles. The number of nitrogens with zero attached hydrogens (tertiary/aromatic N) is 2. The number of alkyl halides is 3. The molecule has 27 heavy (non-hydrogen) atoms. The van der Waals surface area contributed by atoms with Crippen molar-refractivity contribution in [3.63, 3.8) is 0 Å². The molecule has 6 nitrogen and oxygen atoms in total. The summed E-state index contributed by atoms with van der Waals surface area (Å²) in [4.78, 5) is 29.0. The summed E-state index contributed by atoms with van der Waals surface area (Å²) in [6.07, 6.45) is -2.90. The van der Waals surface area contributed by atoms with Crippen LogP contribution in [0, 0.1) is 0 Å². The van der Waals surface area contributed by atoms with Crippen molar-refractivity contribution < 1.29 is 27.5 Å². The van der Waals surface area contributed by atoms with Gasteiger partial charge in [-0.2, -0.15) is 13.2 Å². The number of hydrogen-bond acceptors (Lipinski definition) is 4. The van der Waals surface area contributed by atoms with Crippen LogP contribution in [0.2, 0.25) is 0 Å². The summed E-state index contributed by atoms with van der Waals surface area (Å²) in [5.74, 6) is -2.15. The second-order valence-electron chi connectivity index (χ2n) is 6.39. The molecule has 0 aliphatic carbocycles. The minimum Gasteiger partial charge on any atom is -0.464 e. The Balaban J connectivity index is 1.39. The van der Waals surface area contributed by atoms with Gasteiger partial charge in [0.2, 0.25) is 0 Å². The van der Waals surface area contributed by atoms with E-state index in [0.29, 0.717) is 19.6 Å². The topological polar surface area (TPSA) is 65.6 Å². The molecule has 2 heterocycles. The maximum Gasteiger partial charge on any atom is 0.471 e. The van der Waals surface area contributed by atoms with E-state index < -0.39 is 12.1 Å². The normalized spacial score (nSPS) is 15.9. The number of aromatic nitrogens is 1. The van der Waals surface area contributed by atoms with Crippen molar-refractivity contribution in [2.24, 2.45) is 0 Å². The minimum atomic E-state index is -4.83. The largest absolute Gasteiger partial charge is 0.471 e. The van der Waals surface area contributed by atoms with Crippen LogP contribution in [0.3, 0.4) is 0 Å². The second-order valence-corrected chi connectivity index (χ2v) is 6.39. The molecular formula is C18H20F3N3O3. The molecule has 1 saturated heterocycles. The van der Waals surface area contributed by atoms with Crippen molar-refractivity contribution in [3.8, 4) is 0 Å². The predicted octanol–water partition coefficient (Wildman–Crippen LogP) is 1.96. The highest BCUT2D eigenvalue weighted by Crippen LogP contribution is 2.20. The number of fused-ring (bicyclic) bond motifs is 1. The third-order valence-electron chi connectivity index (χ3n) is 4.58. The first-order valence-corrected chi connectivity index (χ1v) is 8.63. The highest BCUT2D eigenvalue weighted by atomic mass is 19.4. The summed E-state index contributed by atoms with van der Waals surface area (Å²) < 4.78 is 42.5. The molecule has 1 amide bonds. The maximum atomic E-state index is 12.4. The van der Waals surface area contributed by atoms with Gasteiger partial charge in [-0.25, -0.2) is 0 Å². The van der Waals surface area contributed by atoms with E-state index >= 15 is 0 Å². The van der Waals surface area contributed by atoms with E-state index in [2.05, 4.69) is 4.98 Å². The Morgan fingerprint density at radius 3 is 2.52 bits per heavy atom. The van der Waals surface area contributed by atoms with E-state index in [0.717, 1.165) is 21.4 Å². The molecule has 0 unspecified atom stereocenters. The molecule has 0 atom stereocenters. The van der Waals surface area contributed by atoms with Crippen molar-refractivity contribution >= 4 is 22.8 Å². The molecule has 0 spiro atoms. The Bertz CT molecular complexity index is 811. The van der Waals surface area contributed by atoms with E-state index in [4.69, 9.17) is 4.74 Å². The van der Waals surface area contributed by atoms with Crippen molar-refractivity contribution in [3.05, 3.63) is 36.0 Å². The van der Waals surface area contributed by atoms with Crippen molar-refractivity contribution in [1.29, 1.82) is 0 Å². The average Bonchev–Trinajstić information content (AvgIpc) is 3.04. The number of nitrogens with one attached hydrogen (secondary N) is 1. The fraction of sp³-hybridized carbons (Fsp3) is 0.444. The van der Waals surface area contributed by atoms with Crippen molar-refractivity contribution in [2.45, 2.75) is 12.6 Å². The average molecular weight is 383 g/mol. The van der Waals surface area contributed by atoms with Gasteiger partial charge < -0.3 is 14.6 Å². The fourth-order valence-electron chi connectivity index (χ4n) is 3.13. The number of aromatic amines is 1. The zero-order chi connectivity index (χ0) is 19.4. The SMILES string of the molecule is O=C(Cc1c[nH]c2ccccc12)OCCN1CCN(C(=O)C(F)(F)F)CC1. The molecule has 0 bridgehead atoms. The van der Waals surface area contributed by atoms with Crippen LogP contribution >= 0.6 is 0 Å². The van der Waals surface area contributed by atoms with Gasteiger partial charge in [-0.1, -0.05) is 18.2 Å². The van der Waals surface area contributed by atoms with Crippen molar-refractivity contribution in [2.75, 3.05) is 39.3 Å². The predicted molar refractivity (Wildman–Crippen MR) is 92.0 cm³/mol. The second kappa shape index (κ2) is 7.99. The molecule has 1 N–H and O–H groups in total. The Morgan fingerprint density at radius 1 is 1.11 bits per heavy atom. The first-order valence-electron chi connectivity index (χ1n) is 8.63. The molecule has 2 aromatic rings. The monoisotopic (exact) mass is 383 g/mol. The Labute approximate surface area is 153 Å². The third-order valence-corrected chi connectivity index (χ3v) is 4.58. The standard InChI is InChI=1S/C18H20F3N3O3/c19-18(20,21)17(26)24-7-5-23(6-8-24)9-10-27-16(25)11-13-12-22-15-4-2-1-3-14(13)15/h1-4,12,22H,5-11H2. The van der Waals surface area contributed by atoms with Gasteiger partial charge in [-0.15, -0.1) is 0 Å². The lowest BCUT2D eigenvalue weighted by Crippen LogP contribution is -2.52. The van der Waals surface area contributed by atoms with Crippen LogP contribution in [0.25, 0.3) is 10.9 Å². The van der Waals surface area contributed by atoms with E-state index in [1.807, 2.05) is 29.2 Å². The summed E-state index contributed by atoms with van der Waals surface area (Å²) in [5, 5.41) is 0.972. The molecule has 9 heteroatoms. The smallest absolute Gasteiger partial charge is 0.464 e. The molecular weight excluding hydrogens is 363 g/mol. The van der Waals surface area contributed by atoms with Crippen LogP contribution in [0.5, 0.6) is 0 Å². The lowest BCUT2D eigenvalue weighted by atomic mass is 10.1. The first-order chi connectivity index (χ1) is 12.8. The number of para-hydroxylation sites is 1. The van der Waals surface area contributed by atoms with Crippen LogP contribution in [-0.2, 0) is 20.7 Å². The Kier molecular flexibility index (Phi) is 5.69. The van der Waals surface area contributed by atoms with Gasteiger partial charge in [0.05, 0.1) is 6.42 Å². The van der Waals surface area contributed by atoms with Crippen LogP contribution < -0.4 is 0 Å². The molecule has 3 rings (SSSR count). The zero-order valence-corrected chi connectivity index (χ0v) is 14.6. The number of benzene rings is 1. The first kappa shape index (κ1) is 19.2. The lowest BCUT2D eigenvalue weighted by Gasteiger charge is -2.34. The van der Waals surface area contributed by atoms with Crippen LogP contribution in [0.1, 0.15) is 5.56 Å². The van der Waals surface area contributed by atoms with Gasteiger partial charge in [0.25, 0.3) is 0 Å². The number of amides is 1. The number of ether oxygens (including phenoxy) is 1. The highest BCUT2D eigenvalue weighted by Gasteiger charge is 2.43. The molecule has 1 aromatic heterocycles. The molecule has 146 valence electrons. The van der Waals surface area contributed by atoms with E-state index in [1.54, 1.807) is 6.20 Å². The van der Waals surface area contributed by atoms with Crippen LogP contribution in [0.4, 0.5) is 13.2 Å². The minimum absolute atomic E-state index is 0.0155. The van der Waals surface area contributed by atoms with Gasteiger partial charge in [0.1, 0.15) is 6.61 Å². The summed E-state index contributed by atoms with van der Waals surface area (Å²) in [6, 6.07) is 7.65. The quantitative estimate of drug-likeness (QED) is 0.802. The van der Waals surface area contributed by atoms with E-state index in [-0.39, 0.29) is 32.1 Å². The Morgan fingerprint density at radius 2 is 1.81 bits per heavy atom. The molecule has 0 saturated carbocycles. The number of H-pyrrole nitrogens is 1. The molecule has 0 radical (unpaired) electrons. The molecule has 1 aliphatic rings. The summed E-state index contributed by atoms with van der Waals surface area (Å²) in [6.45, 7) is 1.26. The molecule has 1 fully saturated rings. The fourth-order valence-corrected chi connectivity index (χ4v) is 3.13. The van der Waals surface area contributed by atoms with Gasteiger partial charge in [0, 0.05) is 49.8 Å². The van der Waals surface area contributed by atoms with Crippen LogP contribution in [-0.4, -0.2) is 72.2 Å². The third kappa shape index (κ3) is 4.79. The summed E-state index contributed by atoms with van der Waals surface area (Å²) in [5.41, 5.74) is 1.81. The lowest BCUT2D eigenvalue weighted by molar-refractivity contribution is -0.187. The van der Waals surface area contributed by atoms with Gasteiger partial charge in [0.15, 0.2) is 0 Å².